The van der Waals surface area contributed by atoms with E-state index in [9.17, 15) is 8.42 Å². The van der Waals surface area contributed by atoms with Gasteiger partial charge in [0, 0.05) is 11.4 Å². The van der Waals surface area contributed by atoms with Crippen molar-refractivity contribution in [2.45, 2.75) is 9.79 Å². The van der Waals surface area contributed by atoms with Crippen molar-refractivity contribution < 1.29 is 8.42 Å². The molecular formula is C16H16N10O2S3. The maximum atomic E-state index is 12.9. The fourth-order valence-corrected chi connectivity index (χ4v) is 4.14. The molecule has 8 N–H and O–H groups in total. The van der Waals surface area contributed by atoms with Crippen LogP contribution < -0.4 is 22.3 Å². The number of hydrogen-bond donors (Lipinski definition) is 6. The van der Waals surface area contributed by atoms with Crippen molar-refractivity contribution in [3.8, 4) is 0 Å². The van der Waals surface area contributed by atoms with Crippen molar-refractivity contribution in [2.75, 3.05) is 22.3 Å². The maximum absolute atomic E-state index is 12.9. The molecule has 12 nitrogen and oxygen atoms in total. The van der Waals surface area contributed by atoms with Gasteiger partial charge < -0.3 is 22.3 Å². The highest BCUT2D eigenvalue weighted by Gasteiger charge is 2.18. The van der Waals surface area contributed by atoms with Crippen LogP contribution in [0.2, 0.25) is 0 Å². The summed E-state index contributed by atoms with van der Waals surface area (Å²) < 4.78 is 28.7. The van der Waals surface area contributed by atoms with E-state index in [1.54, 1.807) is 24.3 Å². The van der Waals surface area contributed by atoms with Crippen LogP contribution in [0.5, 0.6) is 0 Å². The minimum atomic E-state index is -3.72. The highest BCUT2D eigenvalue weighted by atomic mass is 32.2. The number of aromatic nitrogens is 6. The highest BCUT2D eigenvalue weighted by Crippen LogP contribution is 2.25. The molecule has 160 valence electrons. The molecule has 0 aliphatic rings. The Labute approximate surface area is 185 Å². The summed E-state index contributed by atoms with van der Waals surface area (Å²) in [7, 11) is -3.72. The summed E-state index contributed by atoms with van der Waals surface area (Å²) in [4.78, 5) is 0.265. The summed E-state index contributed by atoms with van der Waals surface area (Å²) in [6.07, 6.45) is 0. The number of nitrogens with zero attached hydrogens (tertiary/aromatic N) is 4. The van der Waals surface area contributed by atoms with Gasteiger partial charge in [0.1, 0.15) is 0 Å². The van der Waals surface area contributed by atoms with Crippen LogP contribution in [0.25, 0.3) is 0 Å². The van der Waals surface area contributed by atoms with Gasteiger partial charge in [-0.2, -0.15) is 0 Å². The van der Waals surface area contributed by atoms with E-state index in [2.05, 4.69) is 31.0 Å². The highest BCUT2D eigenvalue weighted by molar-refractivity contribution is 7.91. The Bertz CT molecular complexity index is 1340. The average molecular weight is 477 g/mol. The molecule has 0 spiro atoms. The van der Waals surface area contributed by atoms with Crippen molar-refractivity contribution in [1.82, 2.24) is 29.7 Å². The molecule has 4 rings (SSSR count). The molecule has 2 aromatic heterocycles. The van der Waals surface area contributed by atoms with Crippen LogP contribution >= 0.6 is 24.4 Å². The SMILES string of the molecule is Nn1c(Nc2ccc(S(=O)(=O)c3ccc(Nc4n[nH]c(=S)n4N)cc3)cc2)n[nH]c1=S. The van der Waals surface area contributed by atoms with Crippen molar-refractivity contribution in [3.05, 3.63) is 58.1 Å². The van der Waals surface area contributed by atoms with Crippen LogP contribution in [0.1, 0.15) is 0 Å². The number of nitrogen functional groups attached to an aromatic ring is 2. The quantitative estimate of drug-likeness (QED) is 0.178. The summed E-state index contributed by atoms with van der Waals surface area (Å²) in [6.45, 7) is 0. The number of sulfone groups is 1. The number of nitrogens with one attached hydrogen (secondary N) is 4. The number of nitrogens with two attached hydrogens (primary N) is 2. The first-order chi connectivity index (χ1) is 14.8. The molecule has 0 amide bonds. The van der Waals surface area contributed by atoms with Crippen LogP contribution in [0.4, 0.5) is 23.3 Å². The molecule has 0 unspecified atom stereocenters. The van der Waals surface area contributed by atoms with E-state index in [0.29, 0.717) is 23.3 Å². The zero-order valence-electron chi connectivity index (χ0n) is 15.6. The van der Waals surface area contributed by atoms with Crippen LogP contribution in [0.15, 0.2) is 58.3 Å². The van der Waals surface area contributed by atoms with Crippen LogP contribution in [-0.4, -0.2) is 38.2 Å². The lowest BCUT2D eigenvalue weighted by atomic mass is 10.3. The predicted octanol–water partition coefficient (Wildman–Crippen LogP) is 1.94. The number of anilines is 4. The molecule has 15 heteroatoms. The molecule has 0 fully saturated rings. The summed E-state index contributed by atoms with van der Waals surface area (Å²) in [5, 5.41) is 18.9. The average Bonchev–Trinajstić information content (AvgIpc) is 3.25. The van der Waals surface area contributed by atoms with E-state index < -0.39 is 9.84 Å². The predicted molar refractivity (Wildman–Crippen MR) is 120 cm³/mol. The topological polar surface area (TPSA) is 177 Å². The first kappa shape index (κ1) is 20.6. The monoisotopic (exact) mass is 476 g/mol. The largest absolute Gasteiger partial charge is 0.334 e. The van der Waals surface area contributed by atoms with Crippen LogP contribution in [0.3, 0.4) is 0 Å². The summed E-state index contributed by atoms with van der Waals surface area (Å²) in [5.74, 6) is 12.1. The molecule has 0 aliphatic carbocycles. The van der Waals surface area contributed by atoms with E-state index in [0.717, 1.165) is 0 Å². The molecule has 4 aromatic rings. The zero-order chi connectivity index (χ0) is 22.2. The van der Waals surface area contributed by atoms with E-state index in [4.69, 9.17) is 36.1 Å². The van der Waals surface area contributed by atoms with Gasteiger partial charge in [-0.05, 0) is 73.0 Å². The minimum absolute atomic E-state index is 0.133. The van der Waals surface area contributed by atoms with E-state index >= 15 is 0 Å². The van der Waals surface area contributed by atoms with Crippen molar-refractivity contribution in [3.63, 3.8) is 0 Å². The lowest BCUT2D eigenvalue weighted by molar-refractivity contribution is 0.596. The van der Waals surface area contributed by atoms with E-state index in [1.165, 1.54) is 33.6 Å². The van der Waals surface area contributed by atoms with Gasteiger partial charge in [-0.25, -0.2) is 28.0 Å². The van der Waals surface area contributed by atoms with Crippen molar-refractivity contribution in [2.24, 2.45) is 0 Å². The molecule has 0 atom stereocenters. The number of aromatic amines is 2. The van der Waals surface area contributed by atoms with Crippen molar-refractivity contribution >= 4 is 57.5 Å². The zero-order valence-corrected chi connectivity index (χ0v) is 18.1. The Balaban J connectivity index is 1.52. The lowest BCUT2D eigenvalue weighted by Gasteiger charge is -2.09. The third kappa shape index (κ3) is 4.00. The standard InChI is InChI=1S/C16H16N10O2S3/c17-25-13(21-23-15(25)29)19-9-1-5-11(6-2-9)31(27,28)12-7-3-10(4-8-12)20-14-22-24-16(30)26(14)18/h1-8H,17-18H2,(H,19,21)(H,20,22)(H,23,29)(H,24,30). The Hall–Kier alpha value is -3.69. The molecule has 0 radical (unpaired) electrons. The molecule has 0 bridgehead atoms. The maximum Gasteiger partial charge on any atom is 0.246 e. The van der Waals surface area contributed by atoms with E-state index in [-0.39, 0.29) is 19.3 Å². The summed E-state index contributed by atoms with van der Waals surface area (Å²) in [5.41, 5.74) is 1.18. The second-order valence-corrected chi connectivity index (χ2v) is 8.97. The van der Waals surface area contributed by atoms with Gasteiger partial charge in [-0.15, -0.1) is 10.2 Å². The number of benzene rings is 2. The second-order valence-electron chi connectivity index (χ2n) is 6.25. The molecular weight excluding hydrogens is 460 g/mol. The second kappa shape index (κ2) is 7.86. The Morgan fingerprint density at radius 2 is 1.10 bits per heavy atom. The van der Waals surface area contributed by atoms with Crippen LogP contribution in [-0.2, 0) is 9.84 Å². The number of H-pyrrole nitrogens is 2. The molecule has 31 heavy (non-hydrogen) atoms. The number of rotatable bonds is 6. The summed E-state index contributed by atoms with van der Waals surface area (Å²) in [6, 6.07) is 12.3. The summed E-state index contributed by atoms with van der Waals surface area (Å²) >= 11 is 9.89. The lowest BCUT2D eigenvalue weighted by Crippen LogP contribution is -2.12. The Morgan fingerprint density at radius 1 is 0.742 bits per heavy atom. The first-order valence-electron chi connectivity index (χ1n) is 8.60. The fourth-order valence-electron chi connectivity index (χ4n) is 2.61. The van der Waals surface area contributed by atoms with Gasteiger partial charge in [0.25, 0.3) is 0 Å². The van der Waals surface area contributed by atoms with Gasteiger partial charge in [0.05, 0.1) is 9.79 Å². The first-order valence-corrected chi connectivity index (χ1v) is 10.9. The third-order valence-corrected chi connectivity index (χ3v) is 6.61. The smallest absolute Gasteiger partial charge is 0.246 e. The fraction of sp³-hybridized carbons (Fsp3) is 0. The van der Waals surface area contributed by atoms with Gasteiger partial charge in [0.15, 0.2) is 0 Å². The molecule has 0 saturated heterocycles. The van der Waals surface area contributed by atoms with Gasteiger partial charge in [-0.1, -0.05) is 0 Å². The Morgan fingerprint density at radius 3 is 1.39 bits per heavy atom. The molecule has 0 aliphatic heterocycles. The van der Waals surface area contributed by atoms with Gasteiger partial charge in [0.2, 0.25) is 31.3 Å². The van der Waals surface area contributed by atoms with Crippen molar-refractivity contribution in [1.29, 1.82) is 0 Å². The molecule has 2 aromatic carbocycles. The Kier molecular flexibility index (Phi) is 5.22. The minimum Gasteiger partial charge on any atom is -0.334 e. The number of hydrogen-bond acceptors (Lipinski definition) is 10. The van der Waals surface area contributed by atoms with Crippen LogP contribution in [0, 0.1) is 9.54 Å². The van der Waals surface area contributed by atoms with Gasteiger partial charge in [-0.3, -0.25) is 0 Å². The van der Waals surface area contributed by atoms with E-state index in [1.807, 2.05) is 0 Å². The van der Waals surface area contributed by atoms with Gasteiger partial charge >= 0.3 is 0 Å². The molecule has 0 saturated carbocycles. The normalized spacial score (nSPS) is 11.4. The molecule has 2 heterocycles. The third-order valence-electron chi connectivity index (χ3n) is 4.25.